The van der Waals surface area contributed by atoms with E-state index in [4.69, 9.17) is 10.5 Å². The molecule has 0 amide bonds. The van der Waals surface area contributed by atoms with Crippen molar-refractivity contribution < 1.29 is 30.0 Å². The second-order valence-corrected chi connectivity index (χ2v) is 14.1. The van der Waals surface area contributed by atoms with Crippen LogP contribution in [0.25, 0.3) is 0 Å². The Labute approximate surface area is 262 Å². The molecule has 2 spiro atoms. The van der Waals surface area contributed by atoms with E-state index in [1.54, 1.807) is 7.05 Å². The van der Waals surface area contributed by atoms with Crippen LogP contribution in [0.2, 0.25) is 0 Å². The van der Waals surface area contributed by atoms with Gasteiger partial charge >= 0.3 is 5.97 Å². The van der Waals surface area contributed by atoms with E-state index in [1.165, 1.54) is 0 Å². The summed E-state index contributed by atoms with van der Waals surface area (Å²) in [5, 5.41) is 48.9. The molecule has 0 aromatic rings. The molecule has 44 heavy (non-hydrogen) atoms. The number of aliphatic hydroxyl groups excluding tert-OH is 2. The lowest BCUT2D eigenvalue weighted by atomic mass is 9.46. The van der Waals surface area contributed by atoms with Crippen molar-refractivity contribution in [2.75, 3.05) is 53.6 Å². The van der Waals surface area contributed by atoms with E-state index in [9.17, 15) is 25.2 Å². The Morgan fingerprint density at radius 2 is 2.02 bits per heavy atom. The lowest BCUT2D eigenvalue weighted by Crippen LogP contribution is -2.62. The van der Waals surface area contributed by atoms with Gasteiger partial charge in [0, 0.05) is 56.4 Å². The largest absolute Gasteiger partial charge is 0.478 e. The molecule has 1 heterocycles. The zero-order chi connectivity index (χ0) is 31.7. The molecule has 5 aliphatic rings. The number of nitrogens with zero attached hydrogens (tertiary/aromatic N) is 2. The quantitative estimate of drug-likeness (QED) is 0.0965. The lowest BCUT2D eigenvalue weighted by molar-refractivity contribution is -0.143. The zero-order valence-corrected chi connectivity index (χ0v) is 26.8. The molecular formula is C33H55N5O6. The van der Waals surface area contributed by atoms with Crippen molar-refractivity contribution in [3.8, 4) is 0 Å². The Morgan fingerprint density at radius 1 is 1.23 bits per heavy atom. The fourth-order valence-corrected chi connectivity index (χ4v) is 10.4. The summed E-state index contributed by atoms with van der Waals surface area (Å²) in [6.45, 7) is 4.15. The maximum Gasteiger partial charge on any atom is 0.334 e. The van der Waals surface area contributed by atoms with E-state index in [-0.39, 0.29) is 60.7 Å². The van der Waals surface area contributed by atoms with Crippen LogP contribution in [0.1, 0.15) is 64.7 Å². The van der Waals surface area contributed by atoms with Crippen LogP contribution >= 0.6 is 0 Å². The number of hydrogen-bond donors (Lipinski definition) is 7. The summed E-state index contributed by atoms with van der Waals surface area (Å²) in [6, 6.07) is 0.258. The van der Waals surface area contributed by atoms with Crippen LogP contribution in [0.15, 0.2) is 28.4 Å². The topological polar surface area (TPSA) is 173 Å². The first kappa shape index (κ1) is 33.3. The van der Waals surface area contributed by atoms with E-state index in [1.807, 2.05) is 18.1 Å². The minimum absolute atomic E-state index is 0.0404. The third-order valence-electron chi connectivity index (χ3n) is 12.3. The number of nitrogens with two attached hydrogens (primary N) is 1. The van der Waals surface area contributed by atoms with Crippen molar-refractivity contribution >= 4 is 11.9 Å². The highest BCUT2D eigenvalue weighted by Gasteiger charge is 2.75. The molecule has 11 nitrogen and oxygen atoms in total. The van der Waals surface area contributed by atoms with E-state index in [0.29, 0.717) is 44.4 Å². The molecule has 9 atom stereocenters. The molecule has 5 rings (SSSR count). The molecule has 3 saturated carbocycles. The number of rotatable bonds is 12. The van der Waals surface area contributed by atoms with Gasteiger partial charge in [0.1, 0.15) is 5.60 Å². The number of carboxylic acids is 1. The molecule has 0 radical (unpaired) electrons. The van der Waals surface area contributed by atoms with Gasteiger partial charge in [0.15, 0.2) is 5.96 Å². The Balaban J connectivity index is 1.48. The van der Waals surface area contributed by atoms with Gasteiger partial charge < -0.3 is 46.4 Å². The van der Waals surface area contributed by atoms with Crippen molar-refractivity contribution in [2.45, 2.75) is 82.5 Å². The minimum atomic E-state index is -1.60. The van der Waals surface area contributed by atoms with Crippen LogP contribution < -0.4 is 16.4 Å². The van der Waals surface area contributed by atoms with E-state index >= 15 is 0 Å². The third kappa shape index (κ3) is 5.41. The number of aliphatic imine (C=N–C) groups is 1. The second kappa shape index (κ2) is 13.4. The fraction of sp³-hybridized carbons (Fsp3) is 0.818. The van der Waals surface area contributed by atoms with Crippen LogP contribution in [0.3, 0.4) is 0 Å². The van der Waals surface area contributed by atoms with E-state index in [0.717, 1.165) is 50.5 Å². The first-order chi connectivity index (χ1) is 21.1. The zero-order valence-electron chi connectivity index (χ0n) is 26.8. The molecule has 0 saturated heterocycles. The Morgan fingerprint density at radius 3 is 2.70 bits per heavy atom. The number of carboxylic acid groups (broad SMARTS) is 1. The maximum atomic E-state index is 13.1. The van der Waals surface area contributed by atoms with Gasteiger partial charge in [-0.15, -0.1) is 0 Å². The Hall–Kier alpha value is -2.02. The predicted octanol–water partition coefficient (Wildman–Crippen LogP) is 1.44. The summed E-state index contributed by atoms with van der Waals surface area (Å²) >= 11 is 0. The number of aliphatic carboxylic acids is 1. The SMILES string of the molecule is CN=C(N)N1C=CC(CNCCO)C2(C1)C1CCC(C)C23CC(O)(COC2CCC(CCCO)C(NC)C2)C(C(=O)O)=C3C1. The molecule has 0 aromatic heterocycles. The molecule has 3 fully saturated rings. The molecule has 4 aliphatic carbocycles. The molecular weight excluding hydrogens is 562 g/mol. The summed E-state index contributed by atoms with van der Waals surface area (Å²) in [6.07, 6.45) is 11.4. The average Bonchev–Trinajstić information content (AvgIpc) is 3.37. The summed E-state index contributed by atoms with van der Waals surface area (Å²) in [5.74, 6) is 0.288. The van der Waals surface area contributed by atoms with Gasteiger partial charge in [-0.3, -0.25) is 4.99 Å². The number of ether oxygens (including phenoxy) is 1. The van der Waals surface area contributed by atoms with Gasteiger partial charge in [-0.1, -0.05) is 13.0 Å². The highest BCUT2D eigenvalue weighted by molar-refractivity contribution is 5.92. The first-order valence-electron chi connectivity index (χ1n) is 16.7. The van der Waals surface area contributed by atoms with Gasteiger partial charge in [0.05, 0.1) is 24.9 Å². The number of carbonyl (C=O) groups is 1. The van der Waals surface area contributed by atoms with Crippen molar-refractivity contribution in [1.82, 2.24) is 15.5 Å². The number of guanidine groups is 1. The number of hydrogen-bond acceptors (Lipinski definition) is 8. The van der Waals surface area contributed by atoms with Crippen LogP contribution in [0, 0.1) is 34.5 Å². The highest BCUT2D eigenvalue weighted by atomic mass is 16.5. The molecule has 8 N–H and O–H groups in total. The standard InChI is InChI=1S/C33H55N5O6/c1-21-6-8-23-15-26-28(29(41)42)31(43,20-44-25-9-7-22(5-4-13-39)27(16-25)35-2)18-32(21,26)33(23)19-38(30(34)36-3)12-10-24(33)17-37-11-14-40/h10,12,21-25,27,35,37,39-40,43H,4-9,11,13-20H2,1-3H3,(H2,34,36)(H,41,42). The fourth-order valence-electron chi connectivity index (χ4n) is 10.4. The maximum absolute atomic E-state index is 13.1. The van der Waals surface area contributed by atoms with Gasteiger partial charge in [0.25, 0.3) is 0 Å². The number of aliphatic hydroxyl groups is 3. The average molecular weight is 618 g/mol. The van der Waals surface area contributed by atoms with Crippen LogP contribution in [-0.2, 0) is 9.53 Å². The molecule has 1 aliphatic heterocycles. The molecule has 9 unspecified atom stereocenters. The summed E-state index contributed by atoms with van der Waals surface area (Å²) < 4.78 is 6.49. The Kier molecular flexibility index (Phi) is 10.1. The normalized spacial score (nSPS) is 40.2. The van der Waals surface area contributed by atoms with Crippen LogP contribution in [0.4, 0.5) is 0 Å². The summed E-state index contributed by atoms with van der Waals surface area (Å²) in [4.78, 5) is 19.4. The molecule has 11 heteroatoms. The highest BCUT2D eigenvalue weighted by Crippen LogP contribution is 2.77. The predicted molar refractivity (Wildman–Crippen MR) is 169 cm³/mol. The lowest BCUT2D eigenvalue weighted by Gasteiger charge is -2.61. The van der Waals surface area contributed by atoms with Gasteiger partial charge in [-0.05, 0) is 94.1 Å². The van der Waals surface area contributed by atoms with Crippen LogP contribution in [0.5, 0.6) is 0 Å². The summed E-state index contributed by atoms with van der Waals surface area (Å²) in [7, 11) is 3.64. The monoisotopic (exact) mass is 617 g/mol. The van der Waals surface area contributed by atoms with Gasteiger partial charge in [-0.25, -0.2) is 4.79 Å². The van der Waals surface area contributed by atoms with Crippen LogP contribution in [-0.4, -0.2) is 109 Å². The summed E-state index contributed by atoms with van der Waals surface area (Å²) in [5.41, 5.74) is 4.92. The smallest absolute Gasteiger partial charge is 0.334 e. The number of nitrogens with one attached hydrogen (secondary N) is 2. The first-order valence-corrected chi connectivity index (χ1v) is 16.7. The molecule has 2 bridgehead atoms. The number of allylic oxidation sites excluding steroid dienone is 1. The second-order valence-electron chi connectivity index (χ2n) is 14.1. The third-order valence-corrected chi connectivity index (χ3v) is 12.3. The van der Waals surface area contributed by atoms with Crippen molar-refractivity contribution in [2.24, 2.45) is 45.2 Å². The van der Waals surface area contributed by atoms with Crippen molar-refractivity contribution in [3.05, 3.63) is 23.4 Å². The van der Waals surface area contributed by atoms with Gasteiger partial charge in [0.2, 0.25) is 0 Å². The molecule has 248 valence electrons. The van der Waals surface area contributed by atoms with Gasteiger partial charge in [-0.2, -0.15) is 0 Å². The Bertz CT molecular complexity index is 1150. The van der Waals surface area contributed by atoms with Crippen molar-refractivity contribution in [1.29, 1.82) is 0 Å². The van der Waals surface area contributed by atoms with Crippen molar-refractivity contribution in [3.63, 3.8) is 0 Å². The van der Waals surface area contributed by atoms with E-state index < -0.39 is 17.0 Å². The minimum Gasteiger partial charge on any atom is -0.478 e. The molecule has 0 aromatic carbocycles. The van der Waals surface area contributed by atoms with E-state index in [2.05, 4.69) is 28.6 Å².